The van der Waals surface area contributed by atoms with Crippen molar-refractivity contribution in [3.8, 4) is 11.8 Å². The Kier molecular flexibility index (Phi) is 4.16. The number of halogens is 2. The van der Waals surface area contributed by atoms with Crippen LogP contribution in [0.2, 0.25) is 0 Å². The minimum absolute atomic E-state index is 0.00998. The van der Waals surface area contributed by atoms with Gasteiger partial charge in [-0.15, -0.1) is 0 Å². The SMILES string of the molecule is COc1ccccc1C1CCN(c2c(F)cc(C#N)cc2F)C1. The van der Waals surface area contributed by atoms with Gasteiger partial charge in [-0.3, -0.25) is 0 Å². The maximum Gasteiger partial charge on any atom is 0.150 e. The van der Waals surface area contributed by atoms with Gasteiger partial charge in [0.2, 0.25) is 0 Å². The van der Waals surface area contributed by atoms with Gasteiger partial charge in [0, 0.05) is 19.0 Å². The summed E-state index contributed by atoms with van der Waals surface area (Å²) in [6.07, 6.45) is 0.791. The Labute approximate surface area is 133 Å². The highest BCUT2D eigenvalue weighted by Gasteiger charge is 2.29. The lowest BCUT2D eigenvalue weighted by atomic mass is 9.97. The van der Waals surface area contributed by atoms with Gasteiger partial charge in [0.15, 0.2) is 11.6 Å². The smallest absolute Gasteiger partial charge is 0.150 e. The van der Waals surface area contributed by atoms with Crippen LogP contribution in [0.15, 0.2) is 36.4 Å². The maximum atomic E-state index is 14.2. The van der Waals surface area contributed by atoms with Gasteiger partial charge in [-0.2, -0.15) is 5.26 Å². The van der Waals surface area contributed by atoms with Crippen molar-refractivity contribution in [2.45, 2.75) is 12.3 Å². The number of hydrogen-bond donors (Lipinski definition) is 0. The molecule has 3 rings (SSSR count). The summed E-state index contributed by atoms with van der Waals surface area (Å²) in [4.78, 5) is 1.70. The number of benzene rings is 2. The highest BCUT2D eigenvalue weighted by Crippen LogP contribution is 2.37. The van der Waals surface area contributed by atoms with E-state index in [4.69, 9.17) is 10.00 Å². The monoisotopic (exact) mass is 314 g/mol. The minimum atomic E-state index is -0.692. The molecule has 0 aliphatic carbocycles. The van der Waals surface area contributed by atoms with Crippen LogP contribution in [0.5, 0.6) is 5.75 Å². The van der Waals surface area contributed by atoms with Gasteiger partial charge >= 0.3 is 0 Å². The lowest BCUT2D eigenvalue weighted by Crippen LogP contribution is -2.22. The topological polar surface area (TPSA) is 36.3 Å². The second-order valence-electron chi connectivity index (χ2n) is 5.57. The van der Waals surface area contributed by atoms with Crippen molar-refractivity contribution in [2.75, 3.05) is 25.1 Å². The first-order valence-electron chi connectivity index (χ1n) is 7.41. The molecule has 1 fully saturated rings. The highest BCUT2D eigenvalue weighted by molar-refractivity contribution is 5.54. The fourth-order valence-electron chi connectivity index (χ4n) is 3.15. The molecule has 23 heavy (non-hydrogen) atoms. The molecule has 1 heterocycles. The van der Waals surface area contributed by atoms with Crippen LogP contribution in [-0.2, 0) is 0 Å². The minimum Gasteiger partial charge on any atom is -0.496 e. The van der Waals surface area contributed by atoms with Crippen molar-refractivity contribution in [1.29, 1.82) is 5.26 Å². The van der Waals surface area contributed by atoms with Crippen molar-refractivity contribution in [3.63, 3.8) is 0 Å². The van der Waals surface area contributed by atoms with Crippen LogP contribution in [0.3, 0.4) is 0 Å². The summed E-state index contributed by atoms with van der Waals surface area (Å²) in [6.45, 7) is 1.07. The van der Waals surface area contributed by atoms with Crippen LogP contribution in [-0.4, -0.2) is 20.2 Å². The standard InChI is InChI=1S/C18H16F2N2O/c1-23-17-5-3-2-4-14(17)13-6-7-22(11-13)18-15(19)8-12(10-21)9-16(18)20/h2-5,8-9,13H,6-7,11H2,1H3. The number of rotatable bonds is 3. The fraction of sp³-hybridized carbons (Fsp3) is 0.278. The lowest BCUT2D eigenvalue weighted by molar-refractivity contribution is 0.406. The van der Waals surface area contributed by atoms with E-state index in [2.05, 4.69) is 0 Å². The van der Waals surface area contributed by atoms with Gasteiger partial charge < -0.3 is 9.64 Å². The maximum absolute atomic E-state index is 14.2. The summed E-state index contributed by atoms with van der Waals surface area (Å²) in [7, 11) is 1.62. The molecule has 1 aliphatic heterocycles. The zero-order valence-corrected chi connectivity index (χ0v) is 12.7. The van der Waals surface area contributed by atoms with E-state index in [9.17, 15) is 8.78 Å². The van der Waals surface area contributed by atoms with E-state index in [1.807, 2.05) is 24.3 Å². The molecule has 5 heteroatoms. The number of anilines is 1. The van der Waals surface area contributed by atoms with Gasteiger partial charge in [0.25, 0.3) is 0 Å². The lowest BCUT2D eigenvalue weighted by Gasteiger charge is -2.21. The van der Waals surface area contributed by atoms with Crippen molar-refractivity contribution in [3.05, 3.63) is 59.2 Å². The molecule has 2 aromatic carbocycles. The largest absolute Gasteiger partial charge is 0.496 e. The zero-order valence-electron chi connectivity index (χ0n) is 12.7. The molecule has 0 aromatic heterocycles. The highest BCUT2D eigenvalue weighted by atomic mass is 19.1. The summed E-state index contributed by atoms with van der Waals surface area (Å²) in [6, 6.07) is 11.6. The van der Waals surface area contributed by atoms with E-state index in [0.717, 1.165) is 29.9 Å². The first kappa shape index (κ1) is 15.3. The second kappa shape index (κ2) is 6.25. The third-order valence-corrected chi connectivity index (χ3v) is 4.23. The van der Waals surface area contributed by atoms with E-state index in [1.165, 1.54) is 0 Å². The molecule has 0 amide bonds. The molecule has 3 nitrogen and oxygen atoms in total. The summed E-state index contributed by atoms with van der Waals surface area (Å²) in [5, 5.41) is 8.78. The van der Waals surface area contributed by atoms with Gasteiger partial charge in [0.1, 0.15) is 11.4 Å². The molecular weight excluding hydrogens is 298 g/mol. The van der Waals surface area contributed by atoms with Crippen LogP contribution in [0.4, 0.5) is 14.5 Å². The average molecular weight is 314 g/mol. The zero-order chi connectivity index (χ0) is 16.4. The molecule has 1 unspecified atom stereocenters. The quantitative estimate of drug-likeness (QED) is 0.863. The van der Waals surface area contributed by atoms with Crippen LogP contribution in [0.25, 0.3) is 0 Å². The molecule has 0 radical (unpaired) electrons. The van der Waals surface area contributed by atoms with Crippen molar-refractivity contribution in [1.82, 2.24) is 0 Å². The first-order valence-corrected chi connectivity index (χ1v) is 7.41. The van der Waals surface area contributed by atoms with Crippen molar-refractivity contribution >= 4 is 5.69 Å². The Hall–Kier alpha value is -2.61. The van der Waals surface area contributed by atoms with E-state index >= 15 is 0 Å². The van der Waals surface area contributed by atoms with Crippen LogP contribution in [0.1, 0.15) is 23.5 Å². The Morgan fingerprint density at radius 3 is 2.57 bits per heavy atom. The summed E-state index contributed by atoms with van der Waals surface area (Å²) >= 11 is 0. The number of para-hydroxylation sites is 1. The molecule has 1 atom stereocenters. The molecule has 0 spiro atoms. The van der Waals surface area contributed by atoms with E-state index in [-0.39, 0.29) is 17.2 Å². The molecular formula is C18H16F2N2O. The van der Waals surface area contributed by atoms with Gasteiger partial charge in [-0.25, -0.2) is 8.78 Å². The molecule has 0 bridgehead atoms. The number of methoxy groups -OCH3 is 1. The third-order valence-electron chi connectivity index (χ3n) is 4.23. The Bertz CT molecular complexity index is 747. The van der Waals surface area contributed by atoms with Gasteiger partial charge in [-0.1, -0.05) is 18.2 Å². The van der Waals surface area contributed by atoms with Crippen LogP contribution < -0.4 is 9.64 Å². The number of hydrogen-bond acceptors (Lipinski definition) is 3. The summed E-state index contributed by atoms with van der Waals surface area (Å²) in [5.74, 6) is -0.440. The molecule has 0 saturated carbocycles. The van der Waals surface area contributed by atoms with Gasteiger partial charge in [-0.05, 0) is 30.2 Å². The molecule has 1 saturated heterocycles. The number of ether oxygens (including phenoxy) is 1. The van der Waals surface area contributed by atoms with E-state index in [1.54, 1.807) is 18.1 Å². The Morgan fingerprint density at radius 1 is 1.22 bits per heavy atom. The first-order chi connectivity index (χ1) is 11.1. The van der Waals surface area contributed by atoms with Crippen LogP contribution >= 0.6 is 0 Å². The molecule has 2 aromatic rings. The molecule has 0 N–H and O–H groups in total. The second-order valence-corrected chi connectivity index (χ2v) is 5.57. The predicted octanol–water partition coefficient (Wildman–Crippen LogP) is 3.84. The molecule has 118 valence electrons. The summed E-state index contributed by atoms with van der Waals surface area (Å²) < 4.78 is 33.7. The van der Waals surface area contributed by atoms with Crippen LogP contribution in [0, 0.1) is 23.0 Å². The van der Waals surface area contributed by atoms with Crippen molar-refractivity contribution in [2.24, 2.45) is 0 Å². The Balaban J connectivity index is 1.87. The van der Waals surface area contributed by atoms with Crippen molar-refractivity contribution < 1.29 is 13.5 Å². The predicted molar refractivity (Wildman–Crippen MR) is 83.6 cm³/mol. The summed E-state index contributed by atoms with van der Waals surface area (Å²) in [5.41, 5.74) is 0.984. The third kappa shape index (κ3) is 2.85. The average Bonchev–Trinajstić information content (AvgIpc) is 3.03. The molecule has 1 aliphatic rings. The number of nitriles is 1. The number of nitrogens with zero attached hydrogens (tertiary/aromatic N) is 2. The normalized spacial score (nSPS) is 17.1. The van der Waals surface area contributed by atoms with E-state index in [0.29, 0.717) is 13.1 Å². The fourth-order valence-corrected chi connectivity index (χ4v) is 3.15. The van der Waals surface area contributed by atoms with Gasteiger partial charge in [0.05, 0.1) is 18.7 Å². The van der Waals surface area contributed by atoms with E-state index < -0.39 is 11.6 Å². The Morgan fingerprint density at radius 2 is 1.91 bits per heavy atom.